The van der Waals surface area contributed by atoms with Crippen molar-refractivity contribution in [2.75, 3.05) is 30.9 Å². The van der Waals surface area contributed by atoms with Crippen LogP contribution in [0.3, 0.4) is 0 Å². The number of amides is 2. The van der Waals surface area contributed by atoms with Gasteiger partial charge in [-0.15, -0.1) is 0 Å². The number of benzene rings is 2. The van der Waals surface area contributed by atoms with E-state index >= 15 is 0 Å². The maximum absolute atomic E-state index is 12.0. The van der Waals surface area contributed by atoms with Crippen molar-refractivity contribution in [1.82, 2.24) is 5.32 Å². The van der Waals surface area contributed by atoms with E-state index in [0.29, 0.717) is 11.3 Å². The predicted molar refractivity (Wildman–Crippen MR) is 103 cm³/mol. The molecule has 0 aliphatic rings. The molecule has 2 aromatic rings. The van der Waals surface area contributed by atoms with Gasteiger partial charge < -0.3 is 20.6 Å². The van der Waals surface area contributed by atoms with Crippen molar-refractivity contribution >= 4 is 23.2 Å². The van der Waals surface area contributed by atoms with Crippen LogP contribution in [0, 0.1) is 13.8 Å². The number of aliphatic hydroxyl groups excluding tert-OH is 1. The molecule has 138 valence electrons. The lowest BCUT2D eigenvalue weighted by Crippen LogP contribution is -2.37. The molecule has 0 radical (unpaired) electrons. The van der Waals surface area contributed by atoms with Crippen LogP contribution in [0.25, 0.3) is 0 Å². The first kappa shape index (κ1) is 19.5. The maximum atomic E-state index is 12.0. The molecule has 6 nitrogen and oxygen atoms in total. The van der Waals surface area contributed by atoms with Crippen LogP contribution in [0.15, 0.2) is 42.5 Å². The summed E-state index contributed by atoms with van der Waals surface area (Å²) < 4.78 is 0. The molecule has 3 N–H and O–H groups in total. The molecule has 0 fully saturated rings. The normalized spacial score (nSPS) is 11.6. The van der Waals surface area contributed by atoms with Crippen LogP contribution in [-0.4, -0.2) is 37.6 Å². The van der Waals surface area contributed by atoms with E-state index in [9.17, 15) is 14.7 Å². The largest absolute Gasteiger partial charge is 0.387 e. The van der Waals surface area contributed by atoms with E-state index in [0.717, 1.165) is 16.8 Å². The highest BCUT2D eigenvalue weighted by atomic mass is 16.3. The Kier molecular flexibility index (Phi) is 6.36. The number of rotatable bonds is 5. The van der Waals surface area contributed by atoms with Gasteiger partial charge in [-0.25, -0.2) is 0 Å². The van der Waals surface area contributed by atoms with Crippen molar-refractivity contribution in [3.8, 4) is 0 Å². The summed E-state index contributed by atoms with van der Waals surface area (Å²) in [6.45, 7) is 3.79. The molecule has 1 unspecified atom stereocenters. The van der Waals surface area contributed by atoms with Crippen LogP contribution >= 0.6 is 0 Å². The van der Waals surface area contributed by atoms with Gasteiger partial charge in [0, 0.05) is 32.0 Å². The molecular formula is C20H25N3O3. The van der Waals surface area contributed by atoms with E-state index in [1.807, 2.05) is 51.0 Å². The van der Waals surface area contributed by atoms with Gasteiger partial charge in [-0.3, -0.25) is 9.59 Å². The zero-order chi connectivity index (χ0) is 19.3. The summed E-state index contributed by atoms with van der Waals surface area (Å²) in [6.07, 6.45) is -0.885. The Bertz CT molecular complexity index is 765. The number of hydrogen-bond donors (Lipinski definition) is 3. The fourth-order valence-electron chi connectivity index (χ4n) is 2.62. The summed E-state index contributed by atoms with van der Waals surface area (Å²) in [5.41, 5.74) is 4.25. The van der Waals surface area contributed by atoms with Crippen molar-refractivity contribution in [3.05, 3.63) is 59.2 Å². The van der Waals surface area contributed by atoms with Gasteiger partial charge in [0.2, 0.25) is 0 Å². The monoisotopic (exact) mass is 355 g/mol. The Balaban J connectivity index is 1.89. The molecule has 0 heterocycles. The molecule has 0 aliphatic carbocycles. The smallest absolute Gasteiger partial charge is 0.313 e. The topological polar surface area (TPSA) is 81.7 Å². The van der Waals surface area contributed by atoms with Gasteiger partial charge in [0.15, 0.2) is 0 Å². The molecule has 0 saturated carbocycles. The summed E-state index contributed by atoms with van der Waals surface area (Å²) in [5, 5.41) is 15.2. The van der Waals surface area contributed by atoms with Gasteiger partial charge in [-0.1, -0.05) is 18.2 Å². The van der Waals surface area contributed by atoms with Crippen LogP contribution in [0.4, 0.5) is 11.4 Å². The molecule has 2 amide bonds. The highest BCUT2D eigenvalue weighted by Gasteiger charge is 2.16. The number of hydrogen-bond acceptors (Lipinski definition) is 4. The fourth-order valence-corrected chi connectivity index (χ4v) is 2.62. The first-order valence-electron chi connectivity index (χ1n) is 8.39. The third-order valence-electron chi connectivity index (χ3n) is 3.94. The van der Waals surface area contributed by atoms with Crippen molar-refractivity contribution in [1.29, 1.82) is 0 Å². The van der Waals surface area contributed by atoms with Crippen molar-refractivity contribution in [2.45, 2.75) is 20.0 Å². The molecule has 2 aromatic carbocycles. The molecule has 0 aromatic heterocycles. The third-order valence-corrected chi connectivity index (χ3v) is 3.94. The van der Waals surface area contributed by atoms with Crippen LogP contribution in [0.5, 0.6) is 0 Å². The fraction of sp³-hybridized carbons (Fsp3) is 0.300. The van der Waals surface area contributed by atoms with Crippen LogP contribution in [-0.2, 0) is 9.59 Å². The molecule has 0 bridgehead atoms. The highest BCUT2D eigenvalue weighted by Crippen LogP contribution is 2.17. The second kappa shape index (κ2) is 8.49. The van der Waals surface area contributed by atoms with Gasteiger partial charge in [0.05, 0.1) is 6.10 Å². The van der Waals surface area contributed by atoms with Gasteiger partial charge in [-0.2, -0.15) is 0 Å². The molecular weight excluding hydrogens is 330 g/mol. The predicted octanol–water partition coefficient (Wildman–Crippen LogP) is 2.16. The van der Waals surface area contributed by atoms with Gasteiger partial charge in [0.25, 0.3) is 0 Å². The summed E-state index contributed by atoms with van der Waals surface area (Å²) in [6, 6.07) is 12.9. The number of aryl methyl sites for hydroxylation is 2. The minimum atomic E-state index is -0.885. The number of anilines is 2. The highest BCUT2D eigenvalue weighted by molar-refractivity contribution is 6.39. The Morgan fingerprint density at radius 2 is 1.58 bits per heavy atom. The Labute approximate surface area is 153 Å². The Hall–Kier alpha value is -2.86. The molecule has 0 spiro atoms. The van der Waals surface area contributed by atoms with Gasteiger partial charge in [0.1, 0.15) is 0 Å². The second-order valence-electron chi connectivity index (χ2n) is 6.54. The number of carbonyl (C=O) groups excluding carboxylic acids is 2. The minimum Gasteiger partial charge on any atom is -0.387 e. The summed E-state index contributed by atoms with van der Waals surface area (Å²) >= 11 is 0. The number of nitrogens with one attached hydrogen (secondary N) is 2. The molecule has 2 rings (SSSR count). The lowest BCUT2D eigenvalue weighted by molar-refractivity contribution is -0.136. The van der Waals surface area contributed by atoms with Crippen LogP contribution in [0.2, 0.25) is 0 Å². The third kappa shape index (κ3) is 5.32. The number of carbonyl (C=O) groups is 2. The lowest BCUT2D eigenvalue weighted by Gasteiger charge is -2.15. The van der Waals surface area contributed by atoms with Crippen LogP contribution < -0.4 is 15.5 Å². The van der Waals surface area contributed by atoms with E-state index in [-0.39, 0.29) is 6.54 Å². The summed E-state index contributed by atoms with van der Waals surface area (Å²) in [7, 11) is 3.86. The average Bonchev–Trinajstić information content (AvgIpc) is 2.58. The SMILES string of the molecule is Cc1cc(C)cc(NC(=O)C(=O)NCC(O)c2ccc(N(C)C)cc2)c1. The summed E-state index contributed by atoms with van der Waals surface area (Å²) in [4.78, 5) is 25.9. The van der Waals surface area contributed by atoms with Crippen molar-refractivity contribution in [3.63, 3.8) is 0 Å². The maximum Gasteiger partial charge on any atom is 0.313 e. The molecule has 1 atom stereocenters. The Morgan fingerprint density at radius 1 is 1.00 bits per heavy atom. The summed E-state index contributed by atoms with van der Waals surface area (Å²) in [5.74, 6) is -1.54. The van der Waals surface area contributed by atoms with E-state index in [1.54, 1.807) is 24.3 Å². The van der Waals surface area contributed by atoms with Crippen molar-refractivity contribution in [2.24, 2.45) is 0 Å². The molecule has 0 saturated heterocycles. The number of nitrogens with zero attached hydrogens (tertiary/aromatic N) is 1. The minimum absolute atomic E-state index is 0.0413. The first-order chi connectivity index (χ1) is 12.3. The second-order valence-corrected chi connectivity index (χ2v) is 6.54. The molecule has 26 heavy (non-hydrogen) atoms. The van der Waals surface area contributed by atoms with Crippen LogP contribution in [0.1, 0.15) is 22.8 Å². The zero-order valence-electron chi connectivity index (χ0n) is 15.5. The van der Waals surface area contributed by atoms with E-state index < -0.39 is 17.9 Å². The molecule has 6 heteroatoms. The van der Waals surface area contributed by atoms with E-state index in [4.69, 9.17) is 0 Å². The molecule has 0 aliphatic heterocycles. The average molecular weight is 355 g/mol. The number of aliphatic hydroxyl groups is 1. The quantitative estimate of drug-likeness (QED) is 0.718. The van der Waals surface area contributed by atoms with Gasteiger partial charge >= 0.3 is 11.8 Å². The standard InChI is InChI=1S/C20H25N3O3/c1-13-9-14(2)11-16(10-13)22-20(26)19(25)21-12-18(24)15-5-7-17(8-6-15)23(3)4/h5-11,18,24H,12H2,1-4H3,(H,21,25)(H,22,26). The van der Waals surface area contributed by atoms with E-state index in [1.165, 1.54) is 0 Å². The lowest BCUT2D eigenvalue weighted by atomic mass is 10.1. The zero-order valence-corrected chi connectivity index (χ0v) is 15.5. The van der Waals surface area contributed by atoms with Gasteiger partial charge in [-0.05, 0) is 54.8 Å². The Morgan fingerprint density at radius 3 is 2.12 bits per heavy atom. The van der Waals surface area contributed by atoms with Crippen molar-refractivity contribution < 1.29 is 14.7 Å². The first-order valence-corrected chi connectivity index (χ1v) is 8.39. The van der Waals surface area contributed by atoms with E-state index in [2.05, 4.69) is 10.6 Å².